The number of ether oxygens (including phenoxy) is 2. The van der Waals surface area contributed by atoms with E-state index in [2.05, 4.69) is 5.32 Å². The van der Waals surface area contributed by atoms with Gasteiger partial charge >= 0.3 is 23.9 Å². The number of Topliss-reactive ketones (excluding diaryl/α,β-unsaturated/α-hetero) is 2. The van der Waals surface area contributed by atoms with Crippen LogP contribution in [0.15, 0.2) is 65.6 Å². The van der Waals surface area contributed by atoms with Crippen LogP contribution in [0.25, 0.3) is 0 Å². The predicted molar refractivity (Wildman–Crippen MR) is 226 cm³/mol. The van der Waals surface area contributed by atoms with Crippen LogP contribution in [0.5, 0.6) is 0 Å². The van der Waals surface area contributed by atoms with Gasteiger partial charge in [0.15, 0.2) is 35.0 Å². The molecule has 0 radical (unpaired) electrons. The normalized spacial score (nSPS) is 11.8. The van der Waals surface area contributed by atoms with Crippen LogP contribution in [0.2, 0.25) is 20.1 Å². The number of ketones is 2. The van der Waals surface area contributed by atoms with Gasteiger partial charge in [-0.2, -0.15) is 4.72 Å². The summed E-state index contributed by atoms with van der Waals surface area (Å²) >= 11 is 25.3. The Morgan fingerprint density at radius 1 is 0.656 bits per heavy atom. The fourth-order valence-corrected chi connectivity index (χ4v) is 7.83. The average Bonchev–Trinajstić information content (AvgIpc) is 3.16. The molecule has 0 saturated heterocycles. The van der Waals surface area contributed by atoms with Crippen LogP contribution in [0.3, 0.4) is 0 Å². The Balaban J connectivity index is 0.000000432. The Morgan fingerprint density at radius 3 is 1.52 bits per heavy atom. The van der Waals surface area contributed by atoms with Gasteiger partial charge in [0.25, 0.3) is 0 Å². The number of hydrogen-bond donors (Lipinski definition) is 4. The van der Waals surface area contributed by atoms with E-state index in [0.717, 1.165) is 11.8 Å². The van der Waals surface area contributed by atoms with Crippen molar-refractivity contribution in [2.24, 2.45) is 0 Å². The Labute approximate surface area is 376 Å². The number of nitrogens with one attached hydrogen (secondary N) is 2. The maximum Gasteiger partial charge on any atom is 0.341 e. The van der Waals surface area contributed by atoms with Crippen molar-refractivity contribution in [1.82, 2.24) is 10.0 Å². The molecule has 1 amide bonds. The summed E-state index contributed by atoms with van der Waals surface area (Å²) in [7, 11) is -4.33. The summed E-state index contributed by atoms with van der Waals surface area (Å²) in [6.07, 6.45) is -1.60. The number of amides is 1. The van der Waals surface area contributed by atoms with Gasteiger partial charge in [-0.3, -0.25) is 33.6 Å². The first-order valence-corrected chi connectivity index (χ1v) is 21.9. The van der Waals surface area contributed by atoms with Crippen LogP contribution in [-0.4, -0.2) is 101 Å². The average molecular weight is 985 g/mol. The van der Waals surface area contributed by atoms with Gasteiger partial charge in [0, 0.05) is 19.6 Å². The van der Waals surface area contributed by atoms with Gasteiger partial charge in [-0.15, -0.1) is 0 Å². The van der Waals surface area contributed by atoms with Gasteiger partial charge < -0.3 is 25.0 Å². The number of aliphatic carboxylic acids is 2. The summed E-state index contributed by atoms with van der Waals surface area (Å²) in [5.41, 5.74) is 0.217. The number of rotatable bonds is 20. The van der Waals surface area contributed by atoms with Gasteiger partial charge in [0.2, 0.25) is 15.9 Å². The molecule has 0 aliphatic rings. The van der Waals surface area contributed by atoms with Crippen molar-refractivity contribution in [2.45, 2.75) is 49.4 Å². The van der Waals surface area contributed by atoms with Crippen LogP contribution in [0.4, 0.5) is 0 Å². The Kier molecular flexibility index (Phi) is 21.9. The van der Waals surface area contributed by atoms with Crippen LogP contribution in [-0.2, 0) is 58.8 Å². The molecule has 0 unspecified atom stereocenters. The fraction of sp³-hybridized carbons (Fsp3) is 0.270. The number of thioether (sulfide) groups is 2. The molecule has 3 aromatic rings. The van der Waals surface area contributed by atoms with Crippen LogP contribution >= 0.6 is 69.9 Å². The minimum Gasteiger partial charge on any atom is -0.481 e. The van der Waals surface area contributed by atoms with E-state index in [1.807, 2.05) is 4.72 Å². The number of benzene rings is 3. The van der Waals surface area contributed by atoms with Crippen molar-refractivity contribution >= 4 is 132 Å². The minimum absolute atomic E-state index is 0.0180. The second-order valence-electron chi connectivity index (χ2n) is 12.0. The maximum atomic E-state index is 12.8. The van der Waals surface area contributed by atoms with Crippen molar-refractivity contribution < 1.29 is 71.3 Å². The molecule has 0 bridgehead atoms. The summed E-state index contributed by atoms with van der Waals surface area (Å²) in [5, 5.41) is 19.8. The van der Waals surface area contributed by atoms with Crippen molar-refractivity contribution in [3.63, 3.8) is 0 Å². The molecule has 2 atom stereocenters. The number of carbonyl (C=O) groups excluding carboxylic acids is 7. The first-order valence-electron chi connectivity index (χ1n) is 16.9. The van der Waals surface area contributed by atoms with E-state index >= 15 is 0 Å². The molecule has 0 heterocycles. The summed E-state index contributed by atoms with van der Waals surface area (Å²) in [5.74, 6) is -7.36. The number of sulfonamides is 1. The first-order chi connectivity index (χ1) is 28.5. The summed E-state index contributed by atoms with van der Waals surface area (Å²) in [4.78, 5) is 105. The zero-order valence-corrected chi connectivity index (χ0v) is 37.1. The molecule has 61 heavy (non-hydrogen) atoms. The largest absolute Gasteiger partial charge is 0.481 e. The van der Waals surface area contributed by atoms with E-state index in [-0.39, 0.29) is 57.8 Å². The summed E-state index contributed by atoms with van der Waals surface area (Å²) in [6.45, 7) is 0.924. The molecule has 3 aromatic carbocycles. The van der Waals surface area contributed by atoms with E-state index in [9.17, 15) is 51.6 Å². The second kappa shape index (κ2) is 25.4. The van der Waals surface area contributed by atoms with Gasteiger partial charge in [0.05, 0.1) is 60.7 Å². The molecule has 0 saturated carbocycles. The standard InChI is InChI=1S/C21H19Cl2NO8S2.C16H15Cl2NO7S/c1-12(25)33-11-13-4-2-5-14(8-13)34(30,31)24-17(9-19(27)28)18(26)10-32-21(29)20-15(22)6-3-7-16(20)23;1-8(20)27-7-13(22)19-11(5-14(23)24)12(21)6-26-16(25)15-9(17)3-2-4-10(15)18/h2-8,17,24H,9-11H2,1H3,(H,27,28);2-4,11H,5-7H2,1H3,(H,19,22)(H,23,24)/t17-;11-/m00/s1. The lowest BCUT2D eigenvalue weighted by atomic mass is 10.1. The Morgan fingerprint density at radius 2 is 1.08 bits per heavy atom. The maximum absolute atomic E-state index is 12.8. The summed E-state index contributed by atoms with van der Waals surface area (Å²) < 4.78 is 37.4. The molecule has 0 aliphatic carbocycles. The Hall–Kier alpha value is -4.54. The smallest absolute Gasteiger partial charge is 0.341 e. The number of carbonyl (C=O) groups is 9. The zero-order chi connectivity index (χ0) is 46.0. The molecule has 0 aromatic heterocycles. The highest BCUT2D eigenvalue weighted by atomic mass is 35.5. The molecule has 3 rings (SSSR count). The molecule has 24 heteroatoms. The molecule has 0 spiro atoms. The molecular formula is C37H34Cl4N2O15S3. The van der Waals surface area contributed by atoms with Gasteiger partial charge in [-0.1, -0.05) is 94.2 Å². The topological polar surface area (TPSA) is 271 Å². The molecule has 17 nitrogen and oxygen atoms in total. The highest BCUT2D eigenvalue weighted by Crippen LogP contribution is 2.26. The van der Waals surface area contributed by atoms with Crippen LogP contribution in [0, 0.1) is 0 Å². The predicted octanol–water partition coefficient (Wildman–Crippen LogP) is 5.28. The number of esters is 2. The monoisotopic (exact) mass is 982 g/mol. The highest BCUT2D eigenvalue weighted by Gasteiger charge is 2.30. The summed E-state index contributed by atoms with van der Waals surface area (Å²) in [6, 6.07) is 11.1. The molecule has 0 fully saturated rings. The number of carboxylic acid groups (broad SMARTS) is 2. The number of hydrogen-bond acceptors (Lipinski definition) is 15. The lowest BCUT2D eigenvalue weighted by Gasteiger charge is -2.17. The van der Waals surface area contributed by atoms with Crippen molar-refractivity contribution in [3.8, 4) is 0 Å². The lowest BCUT2D eigenvalue weighted by Crippen LogP contribution is -2.44. The lowest BCUT2D eigenvalue weighted by molar-refractivity contribution is -0.140. The van der Waals surface area contributed by atoms with E-state index in [4.69, 9.17) is 66.1 Å². The number of carboxylic acids is 2. The van der Waals surface area contributed by atoms with Gasteiger partial charge in [0.1, 0.15) is 6.04 Å². The molecule has 0 aliphatic heterocycles. The fourth-order valence-electron chi connectivity index (χ4n) is 4.47. The minimum atomic E-state index is -4.33. The van der Waals surface area contributed by atoms with Crippen molar-refractivity contribution in [3.05, 3.63) is 97.4 Å². The third-order valence-electron chi connectivity index (χ3n) is 7.25. The van der Waals surface area contributed by atoms with E-state index < -0.39 is 89.5 Å². The molecular weight excluding hydrogens is 950 g/mol. The Bertz CT molecular complexity index is 2250. The van der Waals surface area contributed by atoms with E-state index in [1.54, 1.807) is 6.07 Å². The zero-order valence-electron chi connectivity index (χ0n) is 31.6. The second-order valence-corrected chi connectivity index (χ2v) is 17.6. The third-order valence-corrected chi connectivity index (χ3v) is 11.7. The highest BCUT2D eigenvalue weighted by molar-refractivity contribution is 8.14. The van der Waals surface area contributed by atoms with E-state index in [1.165, 1.54) is 68.4 Å². The quantitative estimate of drug-likeness (QED) is 0.105. The van der Waals surface area contributed by atoms with Crippen molar-refractivity contribution in [1.29, 1.82) is 0 Å². The first kappa shape index (κ1) is 52.6. The van der Waals surface area contributed by atoms with Gasteiger partial charge in [-0.25, -0.2) is 18.0 Å². The van der Waals surface area contributed by atoms with E-state index in [0.29, 0.717) is 17.3 Å². The van der Waals surface area contributed by atoms with Crippen LogP contribution < -0.4 is 10.0 Å². The third kappa shape index (κ3) is 18.5. The van der Waals surface area contributed by atoms with Crippen LogP contribution in [0.1, 0.15) is 53.0 Å². The molecule has 328 valence electrons. The van der Waals surface area contributed by atoms with Gasteiger partial charge in [-0.05, 0) is 42.0 Å². The van der Waals surface area contributed by atoms with Crippen molar-refractivity contribution in [2.75, 3.05) is 19.0 Å². The molecule has 4 N–H and O–H groups in total. The number of halogens is 4. The SMILES string of the molecule is CC(=O)SCC(=O)N[C@@H](CC(=O)O)C(=O)COC(=O)c1c(Cl)cccc1Cl.CC(=O)SCc1cccc(S(=O)(=O)N[C@@H](CC(=O)O)C(=O)COC(=O)c2c(Cl)cccc2Cl)c1.